The Morgan fingerprint density at radius 1 is 1.03 bits per heavy atom. The van der Waals surface area contributed by atoms with Crippen LogP contribution in [-0.4, -0.2) is 49.5 Å². The van der Waals surface area contributed by atoms with Crippen LogP contribution >= 0.6 is 34.8 Å². The molecule has 2 amide bonds. The minimum absolute atomic E-state index is 0.00938. The molecular weight excluding hydrogens is 533 g/mol. The maximum Gasteiger partial charge on any atom is 0.244 e. The molecule has 2 aromatic carbocycles. The second kappa shape index (κ2) is 11.8. The molecule has 192 valence electrons. The first-order chi connectivity index (χ1) is 16.1. The molecule has 7 nitrogen and oxygen atoms in total. The summed E-state index contributed by atoms with van der Waals surface area (Å²) in [5.74, 6) is -0.950. The van der Waals surface area contributed by atoms with Crippen molar-refractivity contribution in [3.05, 3.63) is 63.1 Å². The number of sulfonamides is 1. The molecule has 1 unspecified atom stereocenters. The third-order valence-electron chi connectivity index (χ3n) is 5.04. The van der Waals surface area contributed by atoms with E-state index in [1.807, 2.05) is 20.8 Å². The van der Waals surface area contributed by atoms with Gasteiger partial charge in [-0.2, -0.15) is 0 Å². The molecule has 0 aliphatic carbocycles. The Morgan fingerprint density at radius 3 is 2.20 bits per heavy atom. The minimum atomic E-state index is -3.93. The molecule has 35 heavy (non-hydrogen) atoms. The van der Waals surface area contributed by atoms with Crippen LogP contribution in [0.25, 0.3) is 0 Å². The zero-order valence-electron chi connectivity index (χ0n) is 20.3. The molecule has 2 aromatic rings. The Bertz CT molecular complexity index is 1180. The number of nitrogens with zero attached hydrogens (tertiary/aromatic N) is 2. The Labute approximate surface area is 222 Å². The number of carbonyl (C=O) groups is 2. The molecule has 0 aliphatic rings. The quantitative estimate of drug-likeness (QED) is 0.459. The highest BCUT2D eigenvalue weighted by molar-refractivity contribution is 7.92. The van der Waals surface area contributed by atoms with Crippen molar-refractivity contribution in [2.45, 2.75) is 52.2 Å². The standard InChI is InChI=1S/C24H30Cl3N3O4S/c1-6-20(23(32)28-24(2,3)4)29(14-16-9-7-8-10-18(16)26)22(31)15-30(35(5,33)34)21-13-17(25)11-12-19(21)27/h7-13,20H,6,14-15H2,1-5H3,(H,28,32). The zero-order valence-corrected chi connectivity index (χ0v) is 23.4. The normalized spacial score (nSPS) is 12.7. The Balaban J connectivity index is 2.52. The van der Waals surface area contributed by atoms with Crippen LogP contribution in [0.5, 0.6) is 0 Å². The van der Waals surface area contributed by atoms with Crippen molar-refractivity contribution >= 4 is 62.3 Å². The van der Waals surface area contributed by atoms with Crippen molar-refractivity contribution in [2.75, 3.05) is 17.1 Å². The average Bonchev–Trinajstić information content (AvgIpc) is 2.73. The van der Waals surface area contributed by atoms with Gasteiger partial charge in [0.15, 0.2) is 0 Å². The molecule has 0 spiro atoms. The number of halogens is 3. The van der Waals surface area contributed by atoms with Gasteiger partial charge in [-0.15, -0.1) is 0 Å². The van der Waals surface area contributed by atoms with Crippen LogP contribution in [0, 0.1) is 0 Å². The van der Waals surface area contributed by atoms with Crippen molar-refractivity contribution < 1.29 is 18.0 Å². The van der Waals surface area contributed by atoms with Gasteiger partial charge in [-0.25, -0.2) is 8.42 Å². The van der Waals surface area contributed by atoms with Crippen LogP contribution in [0.3, 0.4) is 0 Å². The molecule has 11 heteroatoms. The van der Waals surface area contributed by atoms with Gasteiger partial charge in [0.1, 0.15) is 12.6 Å². The lowest BCUT2D eigenvalue weighted by atomic mass is 10.1. The van der Waals surface area contributed by atoms with E-state index in [0.717, 1.165) is 10.6 Å². The van der Waals surface area contributed by atoms with Gasteiger partial charge in [-0.3, -0.25) is 13.9 Å². The predicted molar refractivity (Wildman–Crippen MR) is 143 cm³/mol. The van der Waals surface area contributed by atoms with Crippen molar-refractivity contribution in [2.24, 2.45) is 0 Å². The third-order valence-corrected chi connectivity index (χ3v) is 7.09. The van der Waals surface area contributed by atoms with Gasteiger partial charge in [0.2, 0.25) is 21.8 Å². The van der Waals surface area contributed by atoms with E-state index in [9.17, 15) is 18.0 Å². The van der Waals surface area contributed by atoms with Crippen LogP contribution in [0.15, 0.2) is 42.5 Å². The van der Waals surface area contributed by atoms with E-state index in [1.54, 1.807) is 31.2 Å². The van der Waals surface area contributed by atoms with Crippen molar-refractivity contribution in [1.82, 2.24) is 10.2 Å². The number of benzene rings is 2. The van der Waals surface area contributed by atoms with Crippen LogP contribution in [-0.2, 0) is 26.2 Å². The fraction of sp³-hybridized carbons (Fsp3) is 0.417. The maximum absolute atomic E-state index is 13.7. The molecule has 0 radical (unpaired) electrons. The molecule has 0 fully saturated rings. The van der Waals surface area contributed by atoms with E-state index in [2.05, 4.69) is 5.32 Å². The molecule has 0 heterocycles. The highest BCUT2D eigenvalue weighted by Crippen LogP contribution is 2.31. The molecule has 0 saturated carbocycles. The number of rotatable bonds is 9. The number of amides is 2. The molecular formula is C24H30Cl3N3O4S. The first-order valence-corrected chi connectivity index (χ1v) is 13.9. The molecule has 1 N–H and O–H groups in total. The predicted octanol–water partition coefficient (Wildman–Crippen LogP) is 5.13. The second-order valence-corrected chi connectivity index (χ2v) is 12.3. The molecule has 0 aliphatic heterocycles. The maximum atomic E-state index is 13.7. The summed E-state index contributed by atoms with van der Waals surface area (Å²) in [7, 11) is -3.93. The van der Waals surface area contributed by atoms with E-state index in [1.165, 1.54) is 23.1 Å². The van der Waals surface area contributed by atoms with Crippen molar-refractivity contribution in [3.8, 4) is 0 Å². The van der Waals surface area contributed by atoms with Gasteiger partial charge in [0.25, 0.3) is 0 Å². The van der Waals surface area contributed by atoms with Gasteiger partial charge < -0.3 is 10.2 Å². The van der Waals surface area contributed by atoms with E-state index >= 15 is 0 Å². The lowest BCUT2D eigenvalue weighted by Crippen LogP contribution is -2.55. The summed E-state index contributed by atoms with van der Waals surface area (Å²) in [5, 5.41) is 3.70. The number of nitrogens with one attached hydrogen (secondary N) is 1. The molecule has 1 atom stereocenters. The van der Waals surface area contributed by atoms with Crippen molar-refractivity contribution in [1.29, 1.82) is 0 Å². The van der Waals surface area contributed by atoms with Crippen LogP contribution in [0.4, 0.5) is 5.69 Å². The van der Waals surface area contributed by atoms with E-state index in [4.69, 9.17) is 34.8 Å². The van der Waals surface area contributed by atoms with E-state index in [0.29, 0.717) is 17.0 Å². The highest BCUT2D eigenvalue weighted by Gasteiger charge is 2.33. The van der Waals surface area contributed by atoms with Gasteiger partial charge in [0, 0.05) is 22.1 Å². The van der Waals surface area contributed by atoms with Gasteiger partial charge >= 0.3 is 0 Å². The monoisotopic (exact) mass is 561 g/mol. The smallest absolute Gasteiger partial charge is 0.244 e. The van der Waals surface area contributed by atoms with E-state index < -0.39 is 34.1 Å². The second-order valence-electron chi connectivity index (χ2n) is 9.14. The van der Waals surface area contributed by atoms with Gasteiger partial charge in [-0.05, 0) is 57.0 Å². The zero-order chi connectivity index (χ0) is 26.6. The summed E-state index contributed by atoms with van der Waals surface area (Å²) < 4.78 is 26.2. The van der Waals surface area contributed by atoms with Gasteiger partial charge in [-0.1, -0.05) is 59.9 Å². The topological polar surface area (TPSA) is 86.8 Å². The number of hydrogen-bond donors (Lipinski definition) is 1. The molecule has 2 rings (SSSR count). The number of anilines is 1. The summed E-state index contributed by atoms with van der Waals surface area (Å²) in [4.78, 5) is 28.2. The Kier molecular flexibility index (Phi) is 9.87. The highest BCUT2D eigenvalue weighted by atomic mass is 35.5. The first-order valence-electron chi connectivity index (χ1n) is 10.9. The molecule has 0 aromatic heterocycles. The largest absolute Gasteiger partial charge is 0.350 e. The summed E-state index contributed by atoms with van der Waals surface area (Å²) >= 11 is 18.7. The van der Waals surface area contributed by atoms with Crippen LogP contribution in [0.2, 0.25) is 15.1 Å². The third kappa shape index (κ3) is 8.27. The number of hydrogen-bond acceptors (Lipinski definition) is 4. The average molecular weight is 563 g/mol. The van der Waals surface area contributed by atoms with Crippen LogP contribution in [0.1, 0.15) is 39.7 Å². The summed E-state index contributed by atoms with van der Waals surface area (Å²) in [6.07, 6.45) is 1.27. The SMILES string of the molecule is CCC(C(=O)NC(C)(C)C)N(Cc1ccccc1Cl)C(=O)CN(c1cc(Cl)ccc1Cl)S(C)(=O)=O. The minimum Gasteiger partial charge on any atom is -0.350 e. The summed E-state index contributed by atoms with van der Waals surface area (Å²) in [5.41, 5.74) is 0.160. The fourth-order valence-electron chi connectivity index (χ4n) is 3.45. The molecule has 0 bridgehead atoms. The van der Waals surface area contributed by atoms with Crippen LogP contribution < -0.4 is 9.62 Å². The first kappa shape index (κ1) is 29.2. The number of carbonyl (C=O) groups excluding carboxylic acids is 2. The van der Waals surface area contributed by atoms with Gasteiger partial charge in [0.05, 0.1) is 17.0 Å². The lowest BCUT2D eigenvalue weighted by molar-refractivity contribution is -0.141. The molecule has 0 saturated heterocycles. The lowest BCUT2D eigenvalue weighted by Gasteiger charge is -2.34. The van der Waals surface area contributed by atoms with E-state index in [-0.39, 0.29) is 28.2 Å². The Morgan fingerprint density at radius 2 is 1.66 bits per heavy atom. The summed E-state index contributed by atoms with van der Waals surface area (Å²) in [6.45, 7) is 6.72. The fourth-order valence-corrected chi connectivity index (χ4v) is 4.94. The Hall–Kier alpha value is -2.00. The summed E-state index contributed by atoms with van der Waals surface area (Å²) in [6, 6.07) is 10.4. The van der Waals surface area contributed by atoms with Crippen molar-refractivity contribution in [3.63, 3.8) is 0 Å².